The molecule has 3 heterocycles. The minimum atomic E-state index is -4.68. The number of nitrogens with zero attached hydrogens (tertiary/aromatic N) is 4. The number of carbonyl (C=O) groups is 1. The molecule has 1 aliphatic rings. The van der Waals surface area contributed by atoms with Crippen LogP contribution >= 0.6 is 0 Å². The zero-order valence-electron chi connectivity index (χ0n) is 17.9. The summed E-state index contributed by atoms with van der Waals surface area (Å²) in [5, 5.41) is 4.34. The number of pyridine rings is 1. The van der Waals surface area contributed by atoms with Crippen LogP contribution in [0.2, 0.25) is 0 Å². The zero-order valence-corrected chi connectivity index (χ0v) is 18.7. The van der Waals surface area contributed by atoms with Gasteiger partial charge in [-0.15, -0.1) is 0 Å². The van der Waals surface area contributed by atoms with Crippen molar-refractivity contribution in [3.8, 4) is 11.6 Å². The van der Waals surface area contributed by atoms with Gasteiger partial charge in [0.1, 0.15) is 11.6 Å². The van der Waals surface area contributed by atoms with Crippen LogP contribution in [0.3, 0.4) is 0 Å². The quantitative estimate of drug-likeness (QED) is 0.501. The summed E-state index contributed by atoms with van der Waals surface area (Å²) in [4.78, 5) is 18.2. The molecule has 1 amide bonds. The summed E-state index contributed by atoms with van der Waals surface area (Å²) in [7, 11) is -3.74. The number of hydrogen-bond acceptors (Lipinski definition) is 6. The molecule has 180 valence electrons. The Hall–Kier alpha value is -3.48. The first-order valence-corrected chi connectivity index (χ1v) is 11.8. The number of ether oxygens (including phenoxy) is 1. The molecule has 13 heteroatoms. The molecule has 1 unspecified atom stereocenters. The first-order chi connectivity index (χ1) is 15.8. The van der Waals surface area contributed by atoms with Crippen molar-refractivity contribution in [2.75, 3.05) is 6.26 Å². The number of halogens is 4. The molecule has 8 nitrogen and oxygen atoms in total. The van der Waals surface area contributed by atoms with E-state index in [0.717, 1.165) is 37.6 Å². The molecule has 0 saturated carbocycles. The average molecular weight is 498 g/mol. The largest absolute Gasteiger partial charge is 0.480 e. The van der Waals surface area contributed by atoms with E-state index in [1.807, 2.05) is 0 Å². The Morgan fingerprint density at radius 2 is 1.91 bits per heavy atom. The van der Waals surface area contributed by atoms with E-state index < -0.39 is 33.8 Å². The van der Waals surface area contributed by atoms with Gasteiger partial charge in [-0.05, 0) is 37.3 Å². The Kier molecular flexibility index (Phi) is 5.84. The second-order valence-electron chi connectivity index (χ2n) is 7.77. The maximum absolute atomic E-state index is 13.2. The summed E-state index contributed by atoms with van der Waals surface area (Å²) < 4.78 is 82.5. The van der Waals surface area contributed by atoms with Crippen molar-refractivity contribution < 1.29 is 35.5 Å². The molecule has 2 aromatic heterocycles. The third-order valence-electron chi connectivity index (χ3n) is 5.19. The molecule has 0 aliphatic carbocycles. The number of fused-ring (bicyclic) bond motifs is 1. The fourth-order valence-corrected chi connectivity index (χ4v) is 4.00. The summed E-state index contributed by atoms with van der Waals surface area (Å²) in [6.07, 6.45) is -3.33. The molecule has 34 heavy (non-hydrogen) atoms. The van der Waals surface area contributed by atoms with Crippen molar-refractivity contribution in [3.63, 3.8) is 0 Å². The lowest BCUT2D eigenvalue weighted by molar-refractivity contribution is -0.189. The minimum Gasteiger partial charge on any atom is -0.480 e. The van der Waals surface area contributed by atoms with Crippen LogP contribution in [0.5, 0.6) is 5.75 Å². The monoisotopic (exact) mass is 498 g/mol. The van der Waals surface area contributed by atoms with Crippen LogP contribution in [-0.2, 0) is 22.9 Å². The first-order valence-electron chi connectivity index (χ1n) is 9.89. The fraction of sp³-hybridized carbons (Fsp3) is 0.286. The Morgan fingerprint density at radius 3 is 2.50 bits per heavy atom. The van der Waals surface area contributed by atoms with Gasteiger partial charge in [0.25, 0.3) is 5.91 Å². The Bertz CT molecular complexity index is 1330. The van der Waals surface area contributed by atoms with Gasteiger partial charge in [0, 0.05) is 24.6 Å². The molecule has 1 aromatic carbocycles. The Balaban J connectivity index is 1.61. The van der Waals surface area contributed by atoms with Crippen molar-refractivity contribution in [2.24, 2.45) is 0 Å². The number of sulfone groups is 1. The van der Waals surface area contributed by atoms with Gasteiger partial charge in [0.2, 0.25) is 0 Å². The molecule has 0 fully saturated rings. The van der Waals surface area contributed by atoms with Gasteiger partial charge < -0.3 is 9.64 Å². The van der Waals surface area contributed by atoms with Crippen molar-refractivity contribution in [3.05, 3.63) is 65.4 Å². The van der Waals surface area contributed by atoms with E-state index in [0.29, 0.717) is 17.1 Å². The van der Waals surface area contributed by atoms with Crippen LogP contribution in [0, 0.1) is 5.82 Å². The van der Waals surface area contributed by atoms with Gasteiger partial charge in [0.15, 0.2) is 21.8 Å². The molecule has 3 aromatic rings. The number of aromatic nitrogens is 3. The highest BCUT2D eigenvalue weighted by molar-refractivity contribution is 7.90. The molecular weight excluding hydrogens is 480 g/mol. The molecule has 0 N–H and O–H groups in total. The summed E-state index contributed by atoms with van der Waals surface area (Å²) >= 11 is 0. The second-order valence-corrected chi connectivity index (χ2v) is 9.79. The van der Waals surface area contributed by atoms with Crippen LogP contribution in [0.25, 0.3) is 5.82 Å². The number of alkyl halides is 3. The van der Waals surface area contributed by atoms with E-state index in [1.54, 1.807) is 6.20 Å². The average Bonchev–Trinajstić information content (AvgIpc) is 3.32. The van der Waals surface area contributed by atoms with Crippen LogP contribution in [0.15, 0.2) is 47.6 Å². The van der Waals surface area contributed by atoms with E-state index in [1.165, 1.54) is 21.7 Å². The molecule has 4 rings (SSSR count). The lowest BCUT2D eigenvalue weighted by Crippen LogP contribution is -2.33. The minimum absolute atomic E-state index is 0.0275. The summed E-state index contributed by atoms with van der Waals surface area (Å²) in [5.41, 5.74) is 0.868. The third kappa shape index (κ3) is 4.74. The highest BCUT2D eigenvalue weighted by Crippen LogP contribution is 2.32. The van der Waals surface area contributed by atoms with Crippen molar-refractivity contribution in [1.82, 2.24) is 19.7 Å². The van der Waals surface area contributed by atoms with E-state index in [-0.39, 0.29) is 29.3 Å². The van der Waals surface area contributed by atoms with E-state index in [2.05, 4.69) is 10.1 Å². The second kappa shape index (κ2) is 8.38. The van der Waals surface area contributed by atoms with Crippen LogP contribution in [0.1, 0.15) is 28.5 Å². The fourth-order valence-electron chi connectivity index (χ4n) is 3.35. The van der Waals surface area contributed by atoms with Crippen LogP contribution in [-0.4, -0.2) is 52.5 Å². The third-order valence-corrected chi connectivity index (χ3v) is 6.30. The maximum Gasteiger partial charge on any atom is 0.425 e. The molecule has 0 bridgehead atoms. The first kappa shape index (κ1) is 23.7. The number of rotatable bonds is 5. The van der Waals surface area contributed by atoms with Gasteiger partial charge in [-0.25, -0.2) is 22.5 Å². The van der Waals surface area contributed by atoms with Crippen molar-refractivity contribution in [1.29, 1.82) is 0 Å². The number of amides is 1. The number of benzene rings is 1. The summed E-state index contributed by atoms with van der Waals surface area (Å²) in [6, 6.07) is 5.80. The van der Waals surface area contributed by atoms with E-state index in [9.17, 15) is 30.8 Å². The summed E-state index contributed by atoms with van der Waals surface area (Å²) in [5.74, 6) is -1.23. The molecule has 0 spiro atoms. The van der Waals surface area contributed by atoms with Crippen molar-refractivity contribution >= 4 is 15.7 Å². The SMILES string of the molecule is CC(Oc1ccc(S(C)(=O)=O)cc1C(=O)N1Cc2cn(-c3ccc(F)cn3)nc2C1)C(F)(F)F. The standard InChI is InChI=1S/C21H18F4N4O4S/c1-12(21(23,24)25)33-18-5-4-15(34(2,31)32)7-16(18)20(30)28-9-13-10-29(27-17(13)11-28)19-6-3-14(22)8-26-19/h3-8,10,12H,9,11H2,1-2H3. The topological polar surface area (TPSA) is 94.4 Å². The van der Waals surface area contributed by atoms with Crippen LogP contribution < -0.4 is 4.74 Å². The lowest BCUT2D eigenvalue weighted by Gasteiger charge is -2.22. The number of hydrogen-bond donors (Lipinski definition) is 0. The zero-order chi connectivity index (χ0) is 24.8. The van der Waals surface area contributed by atoms with Gasteiger partial charge >= 0.3 is 6.18 Å². The summed E-state index contributed by atoms with van der Waals surface area (Å²) in [6.45, 7) is 0.892. The molecular formula is C21H18F4N4O4S. The highest BCUT2D eigenvalue weighted by atomic mass is 32.2. The van der Waals surface area contributed by atoms with Gasteiger partial charge in [-0.1, -0.05) is 0 Å². The highest BCUT2D eigenvalue weighted by Gasteiger charge is 2.39. The van der Waals surface area contributed by atoms with E-state index in [4.69, 9.17) is 4.74 Å². The molecule has 0 radical (unpaired) electrons. The normalized spacial score (nSPS) is 14.7. The molecule has 1 atom stereocenters. The Morgan fingerprint density at radius 1 is 1.18 bits per heavy atom. The maximum atomic E-state index is 13.2. The van der Waals surface area contributed by atoms with Gasteiger partial charge in [0.05, 0.1) is 28.9 Å². The lowest BCUT2D eigenvalue weighted by atomic mass is 10.1. The van der Waals surface area contributed by atoms with Gasteiger partial charge in [-0.3, -0.25) is 4.79 Å². The van der Waals surface area contributed by atoms with E-state index >= 15 is 0 Å². The number of carbonyl (C=O) groups excluding carboxylic acids is 1. The smallest absolute Gasteiger partial charge is 0.425 e. The van der Waals surface area contributed by atoms with Gasteiger partial charge in [-0.2, -0.15) is 18.3 Å². The predicted molar refractivity (Wildman–Crippen MR) is 111 cm³/mol. The predicted octanol–water partition coefficient (Wildman–Crippen LogP) is 3.30. The molecule has 0 saturated heterocycles. The Labute approximate surface area is 191 Å². The molecule has 1 aliphatic heterocycles. The van der Waals surface area contributed by atoms with Crippen molar-refractivity contribution in [2.45, 2.75) is 37.2 Å². The van der Waals surface area contributed by atoms with Crippen LogP contribution in [0.4, 0.5) is 17.6 Å².